The lowest BCUT2D eigenvalue weighted by Gasteiger charge is -2.47. The summed E-state index contributed by atoms with van der Waals surface area (Å²) in [6.07, 6.45) is 11.3. The Kier molecular flexibility index (Phi) is 4.25. The second-order valence-corrected chi connectivity index (χ2v) is 10.0. The number of hydrogen-bond acceptors (Lipinski definition) is 5. The number of anilines is 1. The quantitative estimate of drug-likeness (QED) is 0.397. The van der Waals surface area contributed by atoms with Crippen LogP contribution in [0.4, 0.5) is 10.2 Å². The zero-order valence-corrected chi connectivity index (χ0v) is 18.5. The maximum Gasteiger partial charge on any atom is 0.308 e. The minimum atomic E-state index is -0.730. The minimum absolute atomic E-state index is 0.165. The zero-order chi connectivity index (χ0) is 23.0. The van der Waals surface area contributed by atoms with Crippen molar-refractivity contribution in [2.45, 2.75) is 50.6 Å². The Morgan fingerprint density at radius 3 is 2.68 bits per heavy atom. The molecule has 8 nitrogen and oxygen atoms in total. The third-order valence-corrected chi connectivity index (χ3v) is 8.06. The number of carbonyl (C=O) groups is 1. The van der Waals surface area contributed by atoms with Crippen LogP contribution in [0.5, 0.6) is 0 Å². The van der Waals surface area contributed by atoms with Crippen molar-refractivity contribution in [3.8, 4) is 11.4 Å². The van der Waals surface area contributed by atoms with Gasteiger partial charge in [0.25, 0.3) is 0 Å². The van der Waals surface area contributed by atoms with Crippen LogP contribution >= 0.6 is 0 Å². The van der Waals surface area contributed by atoms with Crippen LogP contribution in [0.2, 0.25) is 0 Å². The molecule has 4 heterocycles. The summed E-state index contributed by atoms with van der Waals surface area (Å²) in [7, 11) is 0. The van der Waals surface area contributed by atoms with E-state index < -0.39 is 17.7 Å². The van der Waals surface area contributed by atoms with Gasteiger partial charge in [0, 0.05) is 35.4 Å². The summed E-state index contributed by atoms with van der Waals surface area (Å²) < 4.78 is 16.2. The SMILES string of the molecule is O=C(O)C1C2CCC(CC2)C1Nc1nc(-c2c[nH]c3ncc(F)cc23)nc2c1ccn2C1CC1. The van der Waals surface area contributed by atoms with Crippen molar-refractivity contribution in [3.05, 3.63) is 36.5 Å². The van der Waals surface area contributed by atoms with Gasteiger partial charge in [0.15, 0.2) is 5.82 Å². The molecule has 0 spiro atoms. The number of nitrogens with zero attached hydrogens (tertiary/aromatic N) is 4. The molecular weight excluding hydrogens is 435 g/mol. The molecule has 4 saturated carbocycles. The average molecular weight is 461 g/mol. The molecule has 3 N–H and O–H groups in total. The fourth-order valence-electron chi connectivity index (χ4n) is 6.24. The normalized spacial score (nSPS) is 26.4. The molecule has 34 heavy (non-hydrogen) atoms. The first-order chi connectivity index (χ1) is 16.6. The van der Waals surface area contributed by atoms with Crippen LogP contribution in [0.1, 0.15) is 44.6 Å². The Labute approximate surface area is 194 Å². The van der Waals surface area contributed by atoms with Gasteiger partial charge in [0.05, 0.1) is 17.5 Å². The summed E-state index contributed by atoms with van der Waals surface area (Å²) in [5.41, 5.74) is 2.07. The van der Waals surface area contributed by atoms with E-state index in [9.17, 15) is 14.3 Å². The number of aromatic amines is 1. The predicted molar refractivity (Wildman–Crippen MR) is 125 cm³/mol. The fourth-order valence-corrected chi connectivity index (χ4v) is 6.24. The fraction of sp³-hybridized carbons (Fsp3) is 0.440. The lowest BCUT2D eigenvalue weighted by molar-refractivity contribution is -0.148. The molecule has 4 aliphatic carbocycles. The number of H-pyrrole nitrogens is 1. The van der Waals surface area contributed by atoms with Crippen LogP contribution in [0, 0.1) is 23.6 Å². The molecule has 0 saturated heterocycles. The van der Waals surface area contributed by atoms with Gasteiger partial charge in [-0.15, -0.1) is 0 Å². The number of carboxylic acids is 1. The number of aromatic nitrogens is 5. The summed E-state index contributed by atoms with van der Waals surface area (Å²) >= 11 is 0. The van der Waals surface area contributed by atoms with E-state index in [0.717, 1.165) is 49.6 Å². The highest BCUT2D eigenvalue weighted by Gasteiger charge is 2.47. The van der Waals surface area contributed by atoms with E-state index in [0.29, 0.717) is 40.2 Å². The van der Waals surface area contributed by atoms with E-state index in [1.807, 2.05) is 12.3 Å². The van der Waals surface area contributed by atoms with Crippen molar-refractivity contribution in [2.24, 2.45) is 17.8 Å². The first kappa shape index (κ1) is 19.9. The Hall–Kier alpha value is -3.49. The van der Waals surface area contributed by atoms with Crippen molar-refractivity contribution in [1.82, 2.24) is 24.5 Å². The number of pyridine rings is 1. The minimum Gasteiger partial charge on any atom is -0.481 e. The van der Waals surface area contributed by atoms with Gasteiger partial charge >= 0.3 is 5.97 Å². The van der Waals surface area contributed by atoms with Crippen molar-refractivity contribution in [2.75, 3.05) is 5.32 Å². The van der Waals surface area contributed by atoms with Crippen LogP contribution in [0.3, 0.4) is 0 Å². The smallest absolute Gasteiger partial charge is 0.308 e. The number of hydrogen-bond donors (Lipinski definition) is 3. The van der Waals surface area contributed by atoms with E-state index in [2.05, 4.69) is 19.9 Å². The summed E-state index contributed by atoms with van der Waals surface area (Å²) in [6.45, 7) is 0. The van der Waals surface area contributed by atoms with Crippen molar-refractivity contribution in [1.29, 1.82) is 0 Å². The highest BCUT2D eigenvalue weighted by molar-refractivity contribution is 5.95. The molecule has 0 aromatic carbocycles. The summed E-state index contributed by atoms with van der Waals surface area (Å²) in [5.74, 6) is 0.0803. The molecule has 8 rings (SSSR count). The van der Waals surface area contributed by atoms with E-state index >= 15 is 0 Å². The van der Waals surface area contributed by atoms with E-state index in [-0.39, 0.29) is 12.0 Å². The van der Waals surface area contributed by atoms with Crippen LogP contribution in [-0.2, 0) is 4.79 Å². The van der Waals surface area contributed by atoms with Gasteiger partial charge < -0.3 is 20.0 Å². The van der Waals surface area contributed by atoms with Crippen LogP contribution in [0.25, 0.3) is 33.5 Å². The van der Waals surface area contributed by atoms with Gasteiger partial charge in [-0.1, -0.05) is 0 Å². The van der Waals surface area contributed by atoms with Gasteiger partial charge in [-0.2, -0.15) is 0 Å². The lowest BCUT2D eigenvalue weighted by Crippen LogP contribution is -2.51. The van der Waals surface area contributed by atoms with Crippen molar-refractivity contribution >= 4 is 33.9 Å². The monoisotopic (exact) mass is 460 g/mol. The Morgan fingerprint density at radius 1 is 1.12 bits per heavy atom. The topological polar surface area (TPSA) is 109 Å². The number of nitrogens with one attached hydrogen (secondary N) is 2. The third-order valence-electron chi connectivity index (χ3n) is 8.06. The molecule has 9 heteroatoms. The number of halogens is 1. The summed E-state index contributed by atoms with van der Waals surface area (Å²) in [6, 6.07) is 3.72. The first-order valence-corrected chi connectivity index (χ1v) is 12.1. The number of aliphatic carboxylic acids is 1. The average Bonchev–Trinajstić information content (AvgIpc) is 3.45. The molecule has 4 aromatic rings. The lowest BCUT2D eigenvalue weighted by atomic mass is 9.61. The highest BCUT2D eigenvalue weighted by atomic mass is 19.1. The zero-order valence-electron chi connectivity index (χ0n) is 18.5. The first-order valence-electron chi connectivity index (χ1n) is 12.1. The molecule has 4 fully saturated rings. The maximum absolute atomic E-state index is 14.0. The van der Waals surface area contributed by atoms with Crippen LogP contribution in [0.15, 0.2) is 30.7 Å². The second kappa shape index (κ2) is 7.25. The summed E-state index contributed by atoms with van der Waals surface area (Å²) in [5, 5.41) is 15.1. The van der Waals surface area contributed by atoms with E-state index in [1.165, 1.54) is 12.3 Å². The van der Waals surface area contributed by atoms with Crippen molar-refractivity contribution in [3.63, 3.8) is 0 Å². The van der Waals surface area contributed by atoms with Gasteiger partial charge in [-0.25, -0.2) is 19.3 Å². The summed E-state index contributed by atoms with van der Waals surface area (Å²) in [4.78, 5) is 29.2. The number of fused-ring (bicyclic) bond motifs is 5. The predicted octanol–water partition coefficient (Wildman–Crippen LogP) is 4.75. The molecular formula is C25H25FN6O2. The maximum atomic E-state index is 14.0. The molecule has 174 valence electrons. The van der Waals surface area contributed by atoms with Crippen molar-refractivity contribution < 1.29 is 14.3 Å². The standard InChI is InChI=1S/C25H25FN6O2/c26-14-9-17-18(11-28-21(17)27-10-14)23-30-22(16-7-8-32(15-5-6-15)24(16)31-23)29-20-13-3-1-12(2-4-13)19(20)25(33)34/h7-13,15,19-20H,1-6H2,(H,27,28)(H,33,34)(H,29,30,31). The van der Waals surface area contributed by atoms with Gasteiger partial charge in [-0.05, 0) is 62.5 Å². The third kappa shape index (κ3) is 3.02. The van der Waals surface area contributed by atoms with E-state index in [4.69, 9.17) is 9.97 Å². The molecule has 0 radical (unpaired) electrons. The Morgan fingerprint density at radius 2 is 1.91 bits per heavy atom. The molecule has 2 atom stereocenters. The van der Waals surface area contributed by atoms with Gasteiger partial charge in [0.1, 0.15) is 22.9 Å². The molecule has 2 unspecified atom stereocenters. The van der Waals surface area contributed by atoms with Gasteiger partial charge in [0.2, 0.25) is 0 Å². The van der Waals surface area contributed by atoms with Gasteiger partial charge in [-0.3, -0.25) is 4.79 Å². The Balaban J connectivity index is 1.38. The molecule has 4 aromatic heterocycles. The largest absolute Gasteiger partial charge is 0.481 e. The van der Waals surface area contributed by atoms with Crippen LogP contribution < -0.4 is 5.32 Å². The second-order valence-electron chi connectivity index (χ2n) is 10.0. The Bertz CT molecular complexity index is 1430. The molecule has 0 aliphatic heterocycles. The molecule has 2 bridgehead atoms. The highest BCUT2D eigenvalue weighted by Crippen LogP contribution is 2.47. The number of carboxylic acid groups (broad SMARTS) is 1. The van der Waals surface area contributed by atoms with E-state index in [1.54, 1.807) is 6.20 Å². The number of rotatable bonds is 5. The van der Waals surface area contributed by atoms with Crippen LogP contribution in [-0.4, -0.2) is 41.6 Å². The molecule has 0 amide bonds. The molecule has 4 aliphatic rings.